The predicted molar refractivity (Wildman–Crippen MR) is 84.7 cm³/mol. The molecule has 0 saturated carbocycles. The lowest BCUT2D eigenvalue weighted by Crippen LogP contribution is -2.39. The molecule has 1 aliphatic rings. The van der Waals surface area contributed by atoms with E-state index in [0.717, 1.165) is 0 Å². The molecule has 1 heteroatoms. The maximum atomic E-state index is 2.39. The van der Waals surface area contributed by atoms with Crippen LogP contribution in [0.1, 0.15) is 25.0 Å². The van der Waals surface area contributed by atoms with Crippen molar-refractivity contribution in [3.8, 4) is 0 Å². The minimum Gasteiger partial charge on any atom is -0.340 e. The van der Waals surface area contributed by atoms with Gasteiger partial charge in [0.15, 0.2) is 0 Å². The number of allylic oxidation sites excluding steroid dienone is 4. The lowest BCUT2D eigenvalue weighted by atomic mass is 9.74. The van der Waals surface area contributed by atoms with Gasteiger partial charge in [-0.1, -0.05) is 60.6 Å². The standard InChI is InChI=1S/C19H21N/c1-15-7-10-18(11-8-15)19(20-12-4-5-13-20)14-16(2)6-9-17(19)3/h4-14,17H,1-3H3. The number of aromatic nitrogens is 1. The first kappa shape index (κ1) is 13.0. The highest BCUT2D eigenvalue weighted by Crippen LogP contribution is 2.40. The highest BCUT2D eigenvalue weighted by Gasteiger charge is 2.37. The highest BCUT2D eigenvalue weighted by atomic mass is 15.0. The Morgan fingerprint density at radius 3 is 2.30 bits per heavy atom. The van der Waals surface area contributed by atoms with Crippen LogP contribution < -0.4 is 0 Å². The summed E-state index contributed by atoms with van der Waals surface area (Å²) in [6, 6.07) is 13.1. The van der Waals surface area contributed by atoms with Gasteiger partial charge in [-0.2, -0.15) is 0 Å². The first-order valence-electron chi connectivity index (χ1n) is 7.21. The maximum Gasteiger partial charge on any atom is 0.0939 e. The van der Waals surface area contributed by atoms with Crippen LogP contribution in [0.15, 0.2) is 72.6 Å². The second kappa shape index (κ2) is 4.82. The molecular formula is C19H21N. The molecule has 2 atom stereocenters. The zero-order valence-corrected chi connectivity index (χ0v) is 12.4. The fourth-order valence-electron chi connectivity index (χ4n) is 3.18. The Labute approximate surface area is 121 Å². The molecule has 0 radical (unpaired) electrons. The van der Waals surface area contributed by atoms with Gasteiger partial charge in [0.25, 0.3) is 0 Å². The third-order valence-electron chi connectivity index (χ3n) is 4.34. The van der Waals surface area contributed by atoms with Gasteiger partial charge in [0, 0.05) is 18.3 Å². The summed E-state index contributed by atoms with van der Waals surface area (Å²) in [5.74, 6) is 0.418. The number of nitrogens with zero attached hydrogens (tertiary/aromatic N) is 1. The van der Waals surface area contributed by atoms with Crippen LogP contribution in [0.4, 0.5) is 0 Å². The topological polar surface area (TPSA) is 4.93 Å². The summed E-state index contributed by atoms with van der Waals surface area (Å²) in [6.07, 6.45) is 11.3. The predicted octanol–water partition coefficient (Wildman–Crippen LogP) is 4.69. The molecule has 2 unspecified atom stereocenters. The van der Waals surface area contributed by atoms with Crippen LogP contribution in [0.3, 0.4) is 0 Å². The van der Waals surface area contributed by atoms with Crippen molar-refractivity contribution >= 4 is 0 Å². The van der Waals surface area contributed by atoms with Crippen LogP contribution in [0, 0.1) is 12.8 Å². The monoisotopic (exact) mass is 263 g/mol. The summed E-state index contributed by atoms with van der Waals surface area (Å²) in [6.45, 7) is 6.60. The third-order valence-corrected chi connectivity index (χ3v) is 4.34. The first-order chi connectivity index (χ1) is 9.63. The van der Waals surface area contributed by atoms with E-state index in [1.165, 1.54) is 16.7 Å². The van der Waals surface area contributed by atoms with Crippen LogP contribution >= 0.6 is 0 Å². The summed E-state index contributed by atoms with van der Waals surface area (Å²) < 4.78 is 2.33. The number of aryl methyl sites for hydroxylation is 1. The molecule has 0 bridgehead atoms. The van der Waals surface area contributed by atoms with Gasteiger partial charge in [-0.3, -0.25) is 0 Å². The molecule has 0 saturated heterocycles. The minimum absolute atomic E-state index is 0.115. The van der Waals surface area contributed by atoms with Gasteiger partial charge in [-0.25, -0.2) is 0 Å². The Hall–Kier alpha value is -2.02. The van der Waals surface area contributed by atoms with Gasteiger partial charge >= 0.3 is 0 Å². The molecule has 20 heavy (non-hydrogen) atoms. The van der Waals surface area contributed by atoms with E-state index < -0.39 is 0 Å². The normalized spacial score (nSPS) is 25.6. The molecule has 1 aromatic carbocycles. The van der Waals surface area contributed by atoms with Gasteiger partial charge in [0.05, 0.1) is 5.54 Å². The molecule has 1 heterocycles. The van der Waals surface area contributed by atoms with Gasteiger partial charge in [0.2, 0.25) is 0 Å². The quantitative estimate of drug-likeness (QED) is 0.740. The van der Waals surface area contributed by atoms with Crippen molar-refractivity contribution in [2.24, 2.45) is 5.92 Å². The summed E-state index contributed by atoms with van der Waals surface area (Å²) >= 11 is 0. The fraction of sp³-hybridized carbons (Fsp3) is 0.263. The molecule has 1 nitrogen and oxygen atoms in total. The van der Waals surface area contributed by atoms with E-state index in [4.69, 9.17) is 0 Å². The van der Waals surface area contributed by atoms with Crippen LogP contribution in [-0.4, -0.2) is 4.57 Å². The summed E-state index contributed by atoms with van der Waals surface area (Å²) in [5, 5.41) is 0. The molecule has 0 fully saturated rings. The fourth-order valence-corrected chi connectivity index (χ4v) is 3.18. The van der Waals surface area contributed by atoms with Crippen LogP contribution in [-0.2, 0) is 5.54 Å². The van der Waals surface area contributed by atoms with Crippen molar-refractivity contribution in [1.82, 2.24) is 4.57 Å². The molecule has 102 valence electrons. The van der Waals surface area contributed by atoms with Crippen molar-refractivity contribution in [2.75, 3.05) is 0 Å². The summed E-state index contributed by atoms with van der Waals surface area (Å²) in [5.41, 5.74) is 3.85. The second-order valence-electron chi connectivity index (χ2n) is 5.82. The van der Waals surface area contributed by atoms with E-state index in [9.17, 15) is 0 Å². The summed E-state index contributed by atoms with van der Waals surface area (Å²) in [7, 11) is 0. The van der Waals surface area contributed by atoms with Crippen LogP contribution in [0.25, 0.3) is 0 Å². The minimum atomic E-state index is -0.115. The number of hydrogen-bond acceptors (Lipinski definition) is 0. The Morgan fingerprint density at radius 2 is 1.65 bits per heavy atom. The Morgan fingerprint density at radius 1 is 1.00 bits per heavy atom. The average molecular weight is 263 g/mol. The second-order valence-corrected chi connectivity index (χ2v) is 5.82. The largest absolute Gasteiger partial charge is 0.340 e. The van der Waals surface area contributed by atoms with Crippen LogP contribution in [0.5, 0.6) is 0 Å². The van der Waals surface area contributed by atoms with E-state index in [1.807, 2.05) is 0 Å². The van der Waals surface area contributed by atoms with E-state index in [0.29, 0.717) is 5.92 Å². The molecule has 3 rings (SSSR count). The highest BCUT2D eigenvalue weighted by molar-refractivity contribution is 5.42. The Bertz CT molecular complexity index is 644. The van der Waals surface area contributed by atoms with Crippen molar-refractivity contribution in [2.45, 2.75) is 26.3 Å². The number of benzene rings is 1. The van der Waals surface area contributed by atoms with E-state index in [2.05, 4.69) is 92.4 Å². The van der Waals surface area contributed by atoms with Gasteiger partial charge < -0.3 is 4.57 Å². The van der Waals surface area contributed by atoms with Gasteiger partial charge in [-0.15, -0.1) is 0 Å². The van der Waals surface area contributed by atoms with E-state index in [-0.39, 0.29) is 5.54 Å². The van der Waals surface area contributed by atoms with Crippen molar-refractivity contribution in [3.05, 3.63) is 83.7 Å². The SMILES string of the molecule is CC1=CC(c2ccc(C)cc2)(n2cccc2)C(C)C=C1. The zero-order valence-electron chi connectivity index (χ0n) is 12.4. The van der Waals surface area contributed by atoms with Gasteiger partial charge in [0.1, 0.15) is 0 Å². The molecule has 1 aliphatic carbocycles. The molecule has 2 aromatic rings. The number of rotatable bonds is 2. The smallest absolute Gasteiger partial charge is 0.0939 e. The maximum absolute atomic E-state index is 2.39. The van der Waals surface area contributed by atoms with E-state index in [1.54, 1.807) is 0 Å². The first-order valence-corrected chi connectivity index (χ1v) is 7.21. The third kappa shape index (κ3) is 1.94. The Kier molecular flexibility index (Phi) is 3.13. The van der Waals surface area contributed by atoms with Gasteiger partial charge in [-0.05, 0) is 31.5 Å². The van der Waals surface area contributed by atoms with E-state index >= 15 is 0 Å². The summed E-state index contributed by atoms with van der Waals surface area (Å²) in [4.78, 5) is 0. The van der Waals surface area contributed by atoms with Crippen molar-refractivity contribution in [3.63, 3.8) is 0 Å². The van der Waals surface area contributed by atoms with Crippen molar-refractivity contribution in [1.29, 1.82) is 0 Å². The molecule has 0 aliphatic heterocycles. The zero-order chi connectivity index (χ0) is 14.2. The lowest BCUT2D eigenvalue weighted by molar-refractivity contribution is 0.350. The molecule has 0 amide bonds. The Balaban J connectivity index is 2.24. The molecular weight excluding hydrogens is 242 g/mol. The molecule has 0 N–H and O–H groups in total. The molecule has 0 spiro atoms. The number of hydrogen-bond donors (Lipinski definition) is 0. The van der Waals surface area contributed by atoms with Crippen LogP contribution in [0.2, 0.25) is 0 Å². The average Bonchev–Trinajstić information content (AvgIpc) is 2.97. The van der Waals surface area contributed by atoms with Crippen molar-refractivity contribution < 1.29 is 0 Å². The lowest BCUT2D eigenvalue weighted by Gasteiger charge is -2.40. The molecule has 1 aromatic heterocycles.